The third-order valence-electron chi connectivity index (χ3n) is 4.73. The van der Waals surface area contributed by atoms with Crippen LogP contribution >= 0.6 is 0 Å². The van der Waals surface area contributed by atoms with Crippen LogP contribution in [0.15, 0.2) is 53.1 Å². The molecule has 0 radical (unpaired) electrons. The van der Waals surface area contributed by atoms with Gasteiger partial charge in [0.2, 0.25) is 11.8 Å². The Labute approximate surface area is 162 Å². The van der Waals surface area contributed by atoms with Crippen molar-refractivity contribution in [1.82, 2.24) is 19.9 Å². The van der Waals surface area contributed by atoms with Crippen LogP contribution in [0.4, 0.5) is 0 Å². The van der Waals surface area contributed by atoms with E-state index in [1.165, 1.54) is 0 Å². The van der Waals surface area contributed by atoms with E-state index in [4.69, 9.17) is 9.15 Å². The lowest BCUT2D eigenvalue weighted by atomic mass is 10.1. The van der Waals surface area contributed by atoms with E-state index in [0.717, 1.165) is 23.1 Å². The van der Waals surface area contributed by atoms with E-state index in [9.17, 15) is 4.79 Å². The summed E-state index contributed by atoms with van der Waals surface area (Å²) in [6.07, 6.45) is 2.55. The maximum Gasteiger partial charge on any atom is 0.231 e. The van der Waals surface area contributed by atoms with Gasteiger partial charge in [-0.05, 0) is 24.6 Å². The number of ether oxygens (including phenoxy) is 1. The van der Waals surface area contributed by atoms with Gasteiger partial charge in [0.25, 0.3) is 0 Å². The lowest BCUT2D eigenvalue weighted by Crippen LogP contribution is -2.32. The van der Waals surface area contributed by atoms with Crippen molar-refractivity contribution < 1.29 is 13.9 Å². The van der Waals surface area contributed by atoms with E-state index < -0.39 is 0 Å². The number of amides is 1. The van der Waals surface area contributed by atoms with Gasteiger partial charge in [0.1, 0.15) is 17.9 Å². The molecule has 0 fully saturated rings. The van der Waals surface area contributed by atoms with Crippen molar-refractivity contribution in [2.75, 3.05) is 13.2 Å². The highest BCUT2D eigenvalue weighted by Crippen LogP contribution is 2.28. The number of furan rings is 1. The van der Waals surface area contributed by atoms with E-state index in [1.807, 2.05) is 50.2 Å². The Morgan fingerprint density at radius 2 is 2.14 bits per heavy atom. The van der Waals surface area contributed by atoms with Crippen LogP contribution < -0.4 is 10.1 Å². The summed E-state index contributed by atoms with van der Waals surface area (Å²) in [5, 5.41) is 8.40. The van der Waals surface area contributed by atoms with E-state index in [-0.39, 0.29) is 11.8 Å². The summed E-state index contributed by atoms with van der Waals surface area (Å²) < 4.78 is 13.3. The van der Waals surface area contributed by atoms with Crippen LogP contribution in [0.1, 0.15) is 20.3 Å². The molecule has 1 unspecified atom stereocenters. The first-order valence-electron chi connectivity index (χ1n) is 9.40. The van der Waals surface area contributed by atoms with Crippen LogP contribution in [0.5, 0.6) is 5.88 Å². The molecule has 4 aromatic rings. The predicted molar refractivity (Wildman–Crippen MR) is 106 cm³/mol. The third-order valence-corrected chi connectivity index (χ3v) is 4.73. The third kappa shape index (κ3) is 3.55. The number of fused-ring (bicyclic) bond motifs is 2. The van der Waals surface area contributed by atoms with Crippen molar-refractivity contribution in [3.8, 4) is 17.3 Å². The smallest absolute Gasteiger partial charge is 0.231 e. The topological polar surface area (TPSA) is 81.7 Å². The average molecular weight is 378 g/mol. The Balaban J connectivity index is 1.49. The molecule has 0 spiro atoms. The molecule has 28 heavy (non-hydrogen) atoms. The number of para-hydroxylation sites is 1. The molecule has 1 atom stereocenters. The molecule has 0 bridgehead atoms. The van der Waals surface area contributed by atoms with Gasteiger partial charge in [-0.1, -0.05) is 32.0 Å². The second kappa shape index (κ2) is 7.72. The molecule has 4 rings (SSSR count). The quantitative estimate of drug-likeness (QED) is 0.496. The van der Waals surface area contributed by atoms with Gasteiger partial charge in [0.05, 0.1) is 12.7 Å². The van der Waals surface area contributed by atoms with E-state index in [2.05, 4.69) is 15.4 Å². The number of imidazole rings is 1. The van der Waals surface area contributed by atoms with E-state index in [0.29, 0.717) is 30.4 Å². The summed E-state index contributed by atoms with van der Waals surface area (Å²) in [6, 6.07) is 13.4. The molecule has 1 N–H and O–H groups in total. The first-order valence-corrected chi connectivity index (χ1v) is 9.40. The molecule has 1 aromatic carbocycles. The van der Waals surface area contributed by atoms with Crippen molar-refractivity contribution in [3.05, 3.63) is 48.7 Å². The largest absolute Gasteiger partial charge is 0.475 e. The standard InChI is InChI=1S/C21H22N4O3/c1-3-14(2)21(26)22-10-11-27-20-9-8-19-23-13-16(25(19)24-20)18-12-15-6-4-5-7-17(15)28-18/h4-9,12-14H,3,10-11H2,1-2H3,(H,22,26). The van der Waals surface area contributed by atoms with Crippen LogP contribution in [0, 0.1) is 5.92 Å². The summed E-state index contributed by atoms with van der Waals surface area (Å²) in [7, 11) is 0. The summed E-state index contributed by atoms with van der Waals surface area (Å²) in [6.45, 7) is 4.67. The molecular formula is C21H22N4O3. The predicted octanol–water partition coefficient (Wildman–Crippen LogP) is 3.68. The minimum Gasteiger partial charge on any atom is -0.475 e. The molecule has 3 heterocycles. The van der Waals surface area contributed by atoms with Gasteiger partial charge in [-0.3, -0.25) is 4.79 Å². The molecule has 0 saturated heterocycles. The maximum atomic E-state index is 11.8. The Morgan fingerprint density at radius 1 is 1.29 bits per heavy atom. The number of rotatable bonds is 7. The van der Waals surface area contributed by atoms with Crippen molar-refractivity contribution >= 4 is 22.5 Å². The number of hydrogen-bond acceptors (Lipinski definition) is 5. The Bertz CT molecular complexity index is 1080. The molecule has 0 saturated carbocycles. The summed E-state index contributed by atoms with van der Waals surface area (Å²) >= 11 is 0. The molecule has 7 nitrogen and oxygen atoms in total. The zero-order valence-corrected chi connectivity index (χ0v) is 15.9. The highest BCUT2D eigenvalue weighted by atomic mass is 16.5. The van der Waals surface area contributed by atoms with Gasteiger partial charge >= 0.3 is 0 Å². The average Bonchev–Trinajstić information content (AvgIpc) is 3.33. The van der Waals surface area contributed by atoms with E-state index >= 15 is 0 Å². The Morgan fingerprint density at radius 3 is 2.96 bits per heavy atom. The van der Waals surface area contributed by atoms with Crippen LogP contribution in [0.25, 0.3) is 28.1 Å². The van der Waals surface area contributed by atoms with Crippen molar-refractivity contribution in [1.29, 1.82) is 0 Å². The minimum absolute atomic E-state index is 0.00629. The number of hydrogen-bond donors (Lipinski definition) is 1. The number of carbonyl (C=O) groups excluding carboxylic acids is 1. The second-order valence-electron chi connectivity index (χ2n) is 6.68. The molecule has 3 aromatic heterocycles. The normalized spacial score (nSPS) is 12.4. The Hall–Kier alpha value is -3.35. The van der Waals surface area contributed by atoms with Crippen LogP contribution in [-0.4, -0.2) is 33.7 Å². The first kappa shape index (κ1) is 18.0. The maximum absolute atomic E-state index is 11.8. The molecule has 0 aliphatic rings. The fourth-order valence-corrected chi connectivity index (χ4v) is 2.90. The summed E-state index contributed by atoms with van der Waals surface area (Å²) in [5.74, 6) is 1.20. The minimum atomic E-state index is 0.00629. The van der Waals surface area contributed by atoms with Gasteiger partial charge < -0.3 is 14.5 Å². The molecule has 1 amide bonds. The van der Waals surface area contributed by atoms with Crippen LogP contribution in [0.3, 0.4) is 0 Å². The Kier molecular flexibility index (Phi) is 4.97. The molecule has 7 heteroatoms. The fraction of sp³-hybridized carbons (Fsp3) is 0.286. The van der Waals surface area contributed by atoms with Gasteiger partial charge in [-0.2, -0.15) is 0 Å². The molecule has 0 aliphatic carbocycles. The molecular weight excluding hydrogens is 356 g/mol. The van der Waals surface area contributed by atoms with Crippen molar-refractivity contribution in [2.24, 2.45) is 5.92 Å². The lowest BCUT2D eigenvalue weighted by Gasteiger charge is -2.10. The summed E-state index contributed by atoms with van der Waals surface area (Å²) in [4.78, 5) is 16.2. The zero-order valence-electron chi connectivity index (χ0n) is 15.9. The highest BCUT2D eigenvalue weighted by Gasteiger charge is 2.13. The van der Waals surface area contributed by atoms with Crippen LogP contribution in [-0.2, 0) is 4.79 Å². The fourth-order valence-electron chi connectivity index (χ4n) is 2.90. The number of aromatic nitrogens is 3. The number of nitrogens with zero attached hydrogens (tertiary/aromatic N) is 3. The van der Waals surface area contributed by atoms with Gasteiger partial charge in [0.15, 0.2) is 11.4 Å². The van der Waals surface area contributed by atoms with Crippen molar-refractivity contribution in [2.45, 2.75) is 20.3 Å². The molecule has 144 valence electrons. The summed E-state index contributed by atoms with van der Waals surface area (Å²) in [5.41, 5.74) is 2.27. The lowest BCUT2D eigenvalue weighted by molar-refractivity contribution is -0.124. The van der Waals surface area contributed by atoms with Gasteiger partial charge in [-0.15, -0.1) is 5.10 Å². The second-order valence-corrected chi connectivity index (χ2v) is 6.68. The van der Waals surface area contributed by atoms with E-state index in [1.54, 1.807) is 16.8 Å². The number of nitrogens with one attached hydrogen (secondary N) is 1. The number of benzene rings is 1. The van der Waals surface area contributed by atoms with Gasteiger partial charge in [-0.25, -0.2) is 9.50 Å². The SMILES string of the molecule is CCC(C)C(=O)NCCOc1ccc2ncc(-c3cc4ccccc4o3)n2n1. The first-order chi connectivity index (χ1) is 13.7. The molecule has 0 aliphatic heterocycles. The zero-order chi connectivity index (χ0) is 19.5. The van der Waals surface area contributed by atoms with Crippen molar-refractivity contribution in [3.63, 3.8) is 0 Å². The highest BCUT2D eigenvalue weighted by molar-refractivity contribution is 5.82. The monoisotopic (exact) mass is 378 g/mol. The van der Waals surface area contributed by atoms with Gasteiger partial charge in [0, 0.05) is 17.4 Å². The number of carbonyl (C=O) groups is 1. The van der Waals surface area contributed by atoms with Crippen LogP contribution in [0.2, 0.25) is 0 Å².